The van der Waals surface area contributed by atoms with Crippen LogP contribution < -0.4 is 5.32 Å². The molecule has 0 radical (unpaired) electrons. The zero-order valence-electron chi connectivity index (χ0n) is 15.2. The number of ether oxygens (including phenoxy) is 2. The van der Waals surface area contributed by atoms with Crippen molar-refractivity contribution in [3.63, 3.8) is 0 Å². The van der Waals surface area contributed by atoms with E-state index in [0.717, 1.165) is 0 Å². The summed E-state index contributed by atoms with van der Waals surface area (Å²) in [6, 6.07) is 0.0198. The molecule has 0 aromatic heterocycles. The van der Waals surface area contributed by atoms with Gasteiger partial charge in [0.2, 0.25) is 5.91 Å². The van der Waals surface area contributed by atoms with Crippen molar-refractivity contribution < 1.29 is 23.5 Å². The first kappa shape index (κ1) is 20.2. The Morgan fingerprint density at radius 3 is 2.48 bits per heavy atom. The molecule has 132 valence electrons. The number of rotatable bonds is 8. The zero-order valence-corrected chi connectivity index (χ0v) is 16.2. The van der Waals surface area contributed by atoms with Crippen molar-refractivity contribution in [3.05, 3.63) is 0 Å². The molecule has 0 spiro atoms. The van der Waals surface area contributed by atoms with Crippen LogP contribution in [-0.4, -0.2) is 59.4 Å². The summed E-state index contributed by atoms with van der Waals surface area (Å²) in [5, 5.41) is 2.67. The fourth-order valence-electron chi connectivity index (χ4n) is 2.44. The van der Waals surface area contributed by atoms with Gasteiger partial charge in [0.05, 0.1) is 13.0 Å². The molecule has 4 atom stereocenters. The number of hydrogen-bond acceptors (Lipinski definition) is 5. The highest BCUT2D eigenvalue weighted by Gasteiger charge is 2.42. The number of amides is 1. The van der Waals surface area contributed by atoms with E-state index in [1.807, 2.05) is 21.7 Å². The van der Waals surface area contributed by atoms with Gasteiger partial charge in [0, 0.05) is 24.9 Å². The zero-order chi connectivity index (χ0) is 17.6. The van der Waals surface area contributed by atoms with E-state index in [4.69, 9.17) is 13.9 Å². The van der Waals surface area contributed by atoms with Gasteiger partial charge in [-0.3, -0.25) is 9.59 Å². The van der Waals surface area contributed by atoms with Crippen LogP contribution in [0.5, 0.6) is 0 Å². The summed E-state index contributed by atoms with van der Waals surface area (Å²) < 4.78 is 17.4. The predicted molar refractivity (Wildman–Crippen MR) is 93.5 cm³/mol. The summed E-state index contributed by atoms with van der Waals surface area (Å²) in [4.78, 5) is 23.4. The summed E-state index contributed by atoms with van der Waals surface area (Å²) in [6.45, 7) is 11.2. The lowest BCUT2D eigenvalue weighted by Crippen LogP contribution is -2.38. The molecule has 0 saturated carbocycles. The highest BCUT2D eigenvalue weighted by Crippen LogP contribution is 2.29. The molecule has 23 heavy (non-hydrogen) atoms. The highest BCUT2D eigenvalue weighted by atomic mass is 28.4. The number of esters is 1. The summed E-state index contributed by atoms with van der Waals surface area (Å²) in [5.74, 6) is -0.380. The maximum absolute atomic E-state index is 12.0. The van der Waals surface area contributed by atoms with Crippen LogP contribution in [0.3, 0.4) is 0 Å². The van der Waals surface area contributed by atoms with Crippen LogP contribution in [0.4, 0.5) is 0 Å². The van der Waals surface area contributed by atoms with Crippen LogP contribution >= 0.6 is 0 Å². The van der Waals surface area contributed by atoms with Gasteiger partial charge in [0.1, 0.15) is 20.1 Å². The van der Waals surface area contributed by atoms with Crippen molar-refractivity contribution in [2.24, 2.45) is 5.92 Å². The molecule has 1 amide bonds. The van der Waals surface area contributed by atoms with Crippen LogP contribution in [0, 0.1) is 5.92 Å². The maximum atomic E-state index is 12.0. The van der Waals surface area contributed by atoms with Crippen molar-refractivity contribution in [1.29, 1.82) is 0 Å². The van der Waals surface area contributed by atoms with E-state index in [-0.39, 0.29) is 48.8 Å². The van der Waals surface area contributed by atoms with Crippen molar-refractivity contribution in [2.75, 3.05) is 13.2 Å². The van der Waals surface area contributed by atoms with E-state index < -0.39 is 8.32 Å². The first-order valence-corrected chi connectivity index (χ1v) is 11.8. The molecule has 0 aromatic carbocycles. The van der Waals surface area contributed by atoms with E-state index in [1.54, 1.807) is 0 Å². The molecule has 1 fully saturated rings. The smallest absolute Gasteiger partial charge is 0.306 e. The average Bonchev–Trinajstić information content (AvgIpc) is 2.70. The second-order valence-corrected chi connectivity index (χ2v) is 11.6. The largest absolute Gasteiger partial charge is 0.459 e. The van der Waals surface area contributed by atoms with Gasteiger partial charge in [-0.1, -0.05) is 6.92 Å². The van der Waals surface area contributed by atoms with Crippen LogP contribution in [0.2, 0.25) is 19.6 Å². The Morgan fingerprint density at radius 1 is 1.26 bits per heavy atom. The maximum Gasteiger partial charge on any atom is 0.306 e. The van der Waals surface area contributed by atoms with Crippen LogP contribution in [0.15, 0.2) is 0 Å². The van der Waals surface area contributed by atoms with E-state index in [0.29, 0.717) is 13.2 Å². The van der Waals surface area contributed by atoms with Gasteiger partial charge in [-0.2, -0.15) is 0 Å². The molecule has 1 rings (SSSR count). The molecular formula is C15H30BNO5Si. The van der Waals surface area contributed by atoms with Crippen LogP contribution in [-0.2, 0) is 23.5 Å². The minimum atomic E-state index is -1.65. The van der Waals surface area contributed by atoms with Crippen LogP contribution in [0.1, 0.15) is 26.7 Å². The molecular weight excluding hydrogens is 313 g/mol. The predicted octanol–water partition coefficient (Wildman–Crippen LogP) is 0.660. The second-order valence-electron chi connectivity index (χ2n) is 7.07. The molecule has 1 aliphatic heterocycles. The van der Waals surface area contributed by atoms with Gasteiger partial charge >= 0.3 is 5.97 Å². The summed E-state index contributed by atoms with van der Waals surface area (Å²) in [6.07, 6.45) is -0.311. The van der Waals surface area contributed by atoms with Gasteiger partial charge in [0.25, 0.3) is 0 Å². The van der Waals surface area contributed by atoms with Gasteiger partial charge < -0.3 is 19.2 Å². The fourth-order valence-corrected chi connectivity index (χ4v) is 3.11. The van der Waals surface area contributed by atoms with E-state index in [9.17, 15) is 9.59 Å². The number of hydrogen-bond donors (Lipinski definition) is 1. The number of carbonyl (C=O) groups is 2. The first-order chi connectivity index (χ1) is 10.6. The highest BCUT2D eigenvalue weighted by molar-refractivity contribution is 6.69. The lowest BCUT2D eigenvalue weighted by Gasteiger charge is -2.25. The molecule has 1 heterocycles. The first-order valence-electron chi connectivity index (χ1n) is 8.39. The monoisotopic (exact) mass is 343 g/mol. The van der Waals surface area contributed by atoms with Gasteiger partial charge in [-0.05, 0) is 26.6 Å². The Labute approximate surface area is 141 Å². The Bertz CT molecular complexity index is 415. The topological polar surface area (TPSA) is 73.9 Å². The number of carbonyl (C=O) groups excluding carboxylic acids is 2. The molecule has 1 saturated heterocycles. The van der Waals surface area contributed by atoms with Gasteiger partial charge in [-0.25, -0.2) is 0 Å². The van der Waals surface area contributed by atoms with Crippen molar-refractivity contribution >= 4 is 28.0 Å². The lowest BCUT2D eigenvalue weighted by atomic mass is 9.86. The van der Waals surface area contributed by atoms with Crippen LogP contribution in [0.25, 0.3) is 0 Å². The number of nitrogens with one attached hydrogen (secondary N) is 1. The van der Waals surface area contributed by atoms with E-state index in [2.05, 4.69) is 25.0 Å². The minimum absolute atomic E-state index is 0.0198. The van der Waals surface area contributed by atoms with Gasteiger partial charge in [0.15, 0.2) is 8.32 Å². The molecule has 0 aromatic rings. The normalized spacial score (nSPS) is 27.7. The summed E-state index contributed by atoms with van der Waals surface area (Å²) >= 11 is 0. The van der Waals surface area contributed by atoms with Crippen molar-refractivity contribution in [1.82, 2.24) is 5.32 Å². The second kappa shape index (κ2) is 8.84. The molecule has 6 nitrogen and oxygen atoms in total. The summed E-state index contributed by atoms with van der Waals surface area (Å²) in [5.41, 5.74) is 0. The Morgan fingerprint density at radius 2 is 1.91 bits per heavy atom. The van der Waals surface area contributed by atoms with Crippen molar-refractivity contribution in [3.8, 4) is 0 Å². The molecule has 1 aliphatic rings. The average molecular weight is 343 g/mol. The quantitative estimate of drug-likeness (QED) is 0.518. The Balaban J connectivity index is 2.52. The minimum Gasteiger partial charge on any atom is -0.459 e. The Kier molecular flexibility index (Phi) is 7.76. The van der Waals surface area contributed by atoms with E-state index >= 15 is 0 Å². The summed E-state index contributed by atoms with van der Waals surface area (Å²) in [7, 11) is 0.330. The fraction of sp³-hybridized carbons (Fsp3) is 0.867. The molecule has 0 aliphatic carbocycles. The Hall–Kier alpha value is -0.858. The molecule has 8 heteroatoms. The lowest BCUT2D eigenvalue weighted by molar-refractivity contribution is -0.155. The third-order valence-electron chi connectivity index (χ3n) is 3.89. The molecule has 0 bridgehead atoms. The molecule has 1 N–H and O–H groups in total. The van der Waals surface area contributed by atoms with Gasteiger partial charge in [-0.15, -0.1) is 0 Å². The molecule has 1 unspecified atom stereocenters. The van der Waals surface area contributed by atoms with E-state index in [1.165, 1.54) is 0 Å². The third kappa shape index (κ3) is 7.05. The SMILES string of the molecule is B[C@@H]1O[C@H](CO[Si](C)(C)C)[C@H](OC(=O)CCC(=O)NCC)C1C. The standard InChI is InChI=1S/C15H30BNO5Si/c1-6-17-12(18)7-8-13(19)22-14-10(2)15(16)21-11(14)9-20-23(3,4)5/h10-11,14-15H,6-9,16H2,1-5H3,(H,17,18)/t10?,11-,14-,15-/m1/s1. The third-order valence-corrected chi connectivity index (χ3v) is 4.93. The van der Waals surface area contributed by atoms with Crippen molar-refractivity contribution in [2.45, 2.75) is 64.5 Å².